The van der Waals surface area contributed by atoms with Gasteiger partial charge in [0.15, 0.2) is 6.61 Å². The van der Waals surface area contributed by atoms with Crippen molar-refractivity contribution in [3.05, 3.63) is 57.9 Å². The number of nitrogens with zero attached hydrogens (tertiary/aromatic N) is 1. The molecule has 0 aliphatic rings. The largest absolute Gasteiger partial charge is 0.457 e. The van der Waals surface area contributed by atoms with Crippen molar-refractivity contribution in [1.82, 2.24) is 9.88 Å². The highest BCUT2D eigenvalue weighted by atomic mass is 35.5. The van der Waals surface area contributed by atoms with E-state index >= 15 is 0 Å². The molecule has 0 fully saturated rings. The normalized spacial score (nSPS) is 11.9. The Morgan fingerprint density at radius 1 is 1.17 bits per heavy atom. The van der Waals surface area contributed by atoms with Gasteiger partial charge >= 0.3 is 12.0 Å². The first-order valence-electron chi connectivity index (χ1n) is 9.28. The topological polar surface area (TPSA) is 103 Å². The van der Waals surface area contributed by atoms with E-state index in [1.807, 2.05) is 27.7 Å². The summed E-state index contributed by atoms with van der Waals surface area (Å²) < 4.78 is 7.22. The van der Waals surface area contributed by atoms with Gasteiger partial charge in [0, 0.05) is 28.0 Å². The summed E-state index contributed by atoms with van der Waals surface area (Å²) in [6, 6.07) is 7.23. The molecular weight excluding hydrogens is 394 g/mol. The Morgan fingerprint density at radius 2 is 1.79 bits per heavy atom. The molecular formula is C21H26ClN3O4. The summed E-state index contributed by atoms with van der Waals surface area (Å²) in [5.74, 6) is -0.894. The number of amides is 2. The van der Waals surface area contributed by atoms with Gasteiger partial charge in [-0.2, -0.15) is 0 Å². The molecule has 0 radical (unpaired) electrons. The lowest BCUT2D eigenvalue weighted by atomic mass is 10.0. The molecule has 1 heterocycles. The molecule has 29 heavy (non-hydrogen) atoms. The van der Waals surface area contributed by atoms with Crippen LogP contribution in [-0.4, -0.2) is 29.0 Å². The third-order valence-electron chi connectivity index (χ3n) is 4.63. The van der Waals surface area contributed by atoms with Crippen LogP contribution in [0, 0.1) is 13.8 Å². The van der Waals surface area contributed by atoms with Crippen molar-refractivity contribution >= 4 is 29.4 Å². The Bertz CT molecular complexity index is 903. The van der Waals surface area contributed by atoms with Gasteiger partial charge in [-0.05, 0) is 51.5 Å². The molecule has 3 N–H and O–H groups in total. The number of benzene rings is 1. The number of Topliss-reactive ketones (excluding diaryl/α,β-unsaturated/α-hetero) is 1. The van der Waals surface area contributed by atoms with Gasteiger partial charge in [-0.1, -0.05) is 23.7 Å². The summed E-state index contributed by atoms with van der Waals surface area (Å²) in [5.41, 5.74) is 8.21. The second-order valence-corrected chi connectivity index (χ2v) is 7.59. The molecule has 0 saturated heterocycles. The number of rotatable bonds is 8. The summed E-state index contributed by atoms with van der Waals surface area (Å²) in [6.45, 7) is 7.51. The Morgan fingerprint density at radius 3 is 2.31 bits per heavy atom. The van der Waals surface area contributed by atoms with E-state index in [1.54, 1.807) is 30.3 Å². The van der Waals surface area contributed by atoms with E-state index in [-0.39, 0.29) is 24.9 Å². The molecule has 2 aromatic rings. The maximum absolute atomic E-state index is 12.5. The van der Waals surface area contributed by atoms with Crippen LogP contribution in [-0.2, 0) is 9.53 Å². The van der Waals surface area contributed by atoms with Gasteiger partial charge < -0.3 is 20.4 Å². The minimum atomic E-state index is -0.769. The summed E-state index contributed by atoms with van der Waals surface area (Å²) in [7, 11) is 0. The van der Waals surface area contributed by atoms with Crippen molar-refractivity contribution in [1.29, 1.82) is 0 Å². The summed E-state index contributed by atoms with van der Waals surface area (Å²) in [4.78, 5) is 36.1. The number of carbonyl (C=O) groups is 3. The number of aromatic nitrogens is 1. The maximum Gasteiger partial charge on any atom is 0.312 e. The van der Waals surface area contributed by atoms with E-state index in [0.717, 1.165) is 11.4 Å². The molecule has 1 aromatic carbocycles. The molecule has 0 unspecified atom stereocenters. The van der Waals surface area contributed by atoms with Crippen LogP contribution in [0.15, 0.2) is 30.3 Å². The number of hydrogen-bond acceptors (Lipinski definition) is 4. The van der Waals surface area contributed by atoms with E-state index < -0.39 is 18.0 Å². The molecule has 0 saturated carbocycles. The van der Waals surface area contributed by atoms with Crippen LogP contribution < -0.4 is 11.1 Å². The predicted molar refractivity (Wildman–Crippen MR) is 111 cm³/mol. The number of esters is 1. The lowest BCUT2D eigenvalue weighted by Gasteiger charge is -2.17. The first kappa shape index (κ1) is 22.5. The van der Waals surface area contributed by atoms with Gasteiger partial charge in [-0.15, -0.1) is 0 Å². The minimum absolute atomic E-state index is 0.164. The third-order valence-corrected chi connectivity index (χ3v) is 4.88. The second-order valence-electron chi connectivity index (χ2n) is 7.15. The zero-order valence-corrected chi connectivity index (χ0v) is 17.7. The Labute approximate surface area is 175 Å². The molecule has 1 atom stereocenters. The Balaban J connectivity index is 2.03. The molecule has 0 aliphatic heterocycles. The number of nitrogens with one attached hydrogen (secondary N) is 1. The molecule has 2 rings (SSSR count). The number of urea groups is 1. The molecule has 0 aliphatic carbocycles. The molecule has 156 valence electrons. The molecule has 2 amide bonds. The fraction of sp³-hybridized carbons (Fsp3) is 0.381. The second kappa shape index (κ2) is 9.60. The van der Waals surface area contributed by atoms with Crippen LogP contribution in [0.1, 0.15) is 59.7 Å². The highest BCUT2D eigenvalue weighted by Gasteiger charge is 2.21. The van der Waals surface area contributed by atoms with E-state index in [9.17, 15) is 14.4 Å². The average Bonchev–Trinajstić information content (AvgIpc) is 2.94. The van der Waals surface area contributed by atoms with Crippen molar-refractivity contribution in [3.8, 4) is 0 Å². The van der Waals surface area contributed by atoms with Crippen LogP contribution in [0.4, 0.5) is 4.79 Å². The number of aryl methyl sites for hydroxylation is 1. The van der Waals surface area contributed by atoms with Crippen LogP contribution in [0.5, 0.6) is 0 Å². The highest BCUT2D eigenvalue weighted by molar-refractivity contribution is 6.30. The van der Waals surface area contributed by atoms with Crippen molar-refractivity contribution in [2.75, 3.05) is 6.61 Å². The van der Waals surface area contributed by atoms with Gasteiger partial charge in [0.25, 0.3) is 0 Å². The third kappa shape index (κ3) is 5.84. The zero-order chi connectivity index (χ0) is 21.7. The standard InChI is InChI=1S/C21H26ClN3O4/c1-12(2)25-13(3)9-17(14(25)4)19(26)11-29-20(27)10-18(24-21(23)28)15-5-7-16(22)8-6-15/h5-9,12,18H,10-11H2,1-4H3,(H3,23,24,28)/t18-/m1/s1. The minimum Gasteiger partial charge on any atom is -0.457 e. The van der Waals surface area contributed by atoms with Crippen LogP contribution >= 0.6 is 11.6 Å². The smallest absolute Gasteiger partial charge is 0.312 e. The fourth-order valence-electron chi connectivity index (χ4n) is 3.42. The van der Waals surface area contributed by atoms with Crippen LogP contribution in [0.3, 0.4) is 0 Å². The average molecular weight is 420 g/mol. The summed E-state index contributed by atoms with van der Waals surface area (Å²) >= 11 is 5.87. The van der Waals surface area contributed by atoms with Crippen molar-refractivity contribution in [3.63, 3.8) is 0 Å². The van der Waals surface area contributed by atoms with E-state index in [2.05, 4.69) is 9.88 Å². The van der Waals surface area contributed by atoms with E-state index in [0.29, 0.717) is 16.1 Å². The van der Waals surface area contributed by atoms with Crippen molar-refractivity contribution in [2.45, 2.75) is 46.2 Å². The first-order chi connectivity index (χ1) is 13.6. The summed E-state index contributed by atoms with van der Waals surface area (Å²) in [6.07, 6.45) is -0.164. The van der Waals surface area contributed by atoms with Gasteiger partial charge in [-0.3, -0.25) is 9.59 Å². The number of carbonyl (C=O) groups excluding carboxylic acids is 3. The molecule has 8 heteroatoms. The number of hydrogen-bond donors (Lipinski definition) is 2. The van der Waals surface area contributed by atoms with Gasteiger partial charge in [0.05, 0.1) is 12.5 Å². The van der Waals surface area contributed by atoms with Gasteiger partial charge in [0.2, 0.25) is 5.78 Å². The lowest BCUT2D eigenvalue weighted by Crippen LogP contribution is -2.34. The van der Waals surface area contributed by atoms with Crippen molar-refractivity contribution in [2.24, 2.45) is 5.73 Å². The van der Waals surface area contributed by atoms with Gasteiger partial charge in [0.1, 0.15) is 0 Å². The lowest BCUT2D eigenvalue weighted by molar-refractivity contribution is -0.143. The monoisotopic (exact) mass is 419 g/mol. The number of halogens is 1. The quantitative estimate of drug-likeness (QED) is 0.500. The van der Waals surface area contributed by atoms with Crippen molar-refractivity contribution < 1.29 is 19.1 Å². The number of primary amides is 1. The Kier molecular flexibility index (Phi) is 7.45. The summed E-state index contributed by atoms with van der Waals surface area (Å²) in [5, 5.41) is 3.03. The first-order valence-corrected chi connectivity index (χ1v) is 9.66. The molecule has 0 spiro atoms. The maximum atomic E-state index is 12.5. The van der Waals surface area contributed by atoms with Crippen LogP contribution in [0.2, 0.25) is 5.02 Å². The predicted octanol–water partition coefficient (Wildman–Crippen LogP) is 3.86. The van der Waals surface area contributed by atoms with E-state index in [1.165, 1.54) is 0 Å². The van der Waals surface area contributed by atoms with Gasteiger partial charge in [-0.25, -0.2) is 4.79 Å². The number of nitrogens with two attached hydrogens (primary N) is 1. The molecule has 0 bridgehead atoms. The molecule has 1 aromatic heterocycles. The SMILES string of the molecule is Cc1cc(C(=O)COC(=O)C[C@@H](NC(N)=O)c2ccc(Cl)cc2)c(C)n1C(C)C. The zero-order valence-electron chi connectivity index (χ0n) is 17.0. The molecule has 7 nitrogen and oxygen atoms in total. The van der Waals surface area contributed by atoms with Crippen LogP contribution in [0.25, 0.3) is 0 Å². The fourth-order valence-corrected chi connectivity index (χ4v) is 3.55. The number of ether oxygens (including phenoxy) is 1. The Hall–Kier alpha value is -2.80. The highest BCUT2D eigenvalue weighted by Crippen LogP contribution is 2.22. The number of ketones is 1. The van der Waals surface area contributed by atoms with E-state index in [4.69, 9.17) is 22.1 Å².